The molecule has 1 atom stereocenters. The van der Waals surface area contributed by atoms with Gasteiger partial charge in [-0.05, 0) is 49.9 Å². The second kappa shape index (κ2) is 6.33. The van der Waals surface area contributed by atoms with Crippen molar-refractivity contribution in [1.82, 2.24) is 4.31 Å². The molecule has 1 aliphatic heterocycles. The molecule has 0 radical (unpaired) electrons. The van der Waals surface area contributed by atoms with Gasteiger partial charge in [0, 0.05) is 11.0 Å². The summed E-state index contributed by atoms with van der Waals surface area (Å²) in [5.41, 5.74) is 1.31. The predicted octanol–water partition coefficient (Wildman–Crippen LogP) is 2.35. The average Bonchev–Trinajstić information content (AvgIpc) is 2.42. The third-order valence-corrected chi connectivity index (χ3v) is 5.89. The van der Waals surface area contributed by atoms with E-state index in [4.69, 9.17) is 0 Å². The molecule has 21 heavy (non-hydrogen) atoms. The first-order valence-electron chi connectivity index (χ1n) is 6.60. The van der Waals surface area contributed by atoms with Crippen LogP contribution in [0.2, 0.25) is 0 Å². The third-order valence-electron chi connectivity index (χ3n) is 3.45. The molecule has 2 N–H and O–H groups in total. The smallest absolute Gasteiger partial charge is 0.322 e. The van der Waals surface area contributed by atoms with Gasteiger partial charge in [0.1, 0.15) is 6.04 Å². The highest BCUT2D eigenvalue weighted by Gasteiger charge is 2.36. The first kappa shape index (κ1) is 16.3. The molecule has 0 saturated carbocycles. The molecule has 1 unspecified atom stereocenters. The zero-order valence-corrected chi connectivity index (χ0v) is 13.9. The summed E-state index contributed by atoms with van der Waals surface area (Å²) < 4.78 is 29.2. The quantitative estimate of drug-likeness (QED) is 0.844. The summed E-state index contributed by atoms with van der Waals surface area (Å²) in [5.74, 6) is -1.10. The van der Waals surface area contributed by atoms with Crippen molar-refractivity contribution in [2.24, 2.45) is 0 Å². The van der Waals surface area contributed by atoms with Crippen LogP contribution in [0.15, 0.2) is 22.7 Å². The third kappa shape index (κ3) is 3.75. The molecule has 0 aliphatic carbocycles. The molecule has 0 amide bonds. The number of carboxylic acid groups (broad SMARTS) is 1. The Morgan fingerprint density at radius 1 is 1.43 bits per heavy atom. The SMILES string of the molecule is Cc1cc(NS(=O)(=O)N2CCCCC2C(=O)O)ccc1Br. The van der Waals surface area contributed by atoms with Gasteiger partial charge in [-0.3, -0.25) is 9.52 Å². The van der Waals surface area contributed by atoms with Gasteiger partial charge in [0.15, 0.2) is 0 Å². The largest absolute Gasteiger partial charge is 0.480 e. The van der Waals surface area contributed by atoms with Gasteiger partial charge in [0.25, 0.3) is 0 Å². The van der Waals surface area contributed by atoms with E-state index in [1.165, 1.54) is 0 Å². The molecule has 0 spiro atoms. The number of halogens is 1. The Bertz CT molecular complexity index is 648. The van der Waals surface area contributed by atoms with Crippen molar-refractivity contribution in [2.75, 3.05) is 11.3 Å². The zero-order chi connectivity index (χ0) is 15.6. The molecule has 1 aromatic rings. The van der Waals surface area contributed by atoms with Gasteiger partial charge in [-0.15, -0.1) is 0 Å². The van der Waals surface area contributed by atoms with E-state index < -0.39 is 22.2 Å². The minimum Gasteiger partial charge on any atom is -0.480 e. The highest BCUT2D eigenvalue weighted by molar-refractivity contribution is 9.10. The highest BCUT2D eigenvalue weighted by Crippen LogP contribution is 2.24. The first-order valence-corrected chi connectivity index (χ1v) is 8.83. The standard InChI is InChI=1S/C13H17BrN2O4S/c1-9-8-10(5-6-11(9)14)15-21(19,20)16-7-3-2-4-12(16)13(17)18/h5-6,8,12,15H,2-4,7H2,1H3,(H,17,18). The number of rotatable bonds is 4. The molecule has 0 aromatic heterocycles. The summed E-state index contributed by atoms with van der Waals surface area (Å²) in [4.78, 5) is 11.2. The van der Waals surface area contributed by atoms with Crippen molar-refractivity contribution < 1.29 is 18.3 Å². The number of carboxylic acids is 1. The average molecular weight is 377 g/mol. The number of aliphatic carboxylic acids is 1. The van der Waals surface area contributed by atoms with Crippen LogP contribution in [-0.4, -0.2) is 36.4 Å². The van der Waals surface area contributed by atoms with Crippen LogP contribution in [0.25, 0.3) is 0 Å². The van der Waals surface area contributed by atoms with E-state index >= 15 is 0 Å². The maximum Gasteiger partial charge on any atom is 0.322 e. The van der Waals surface area contributed by atoms with E-state index in [2.05, 4.69) is 20.7 Å². The minimum absolute atomic E-state index is 0.224. The number of aryl methyl sites for hydroxylation is 1. The van der Waals surface area contributed by atoms with Gasteiger partial charge in [0.05, 0.1) is 5.69 Å². The highest BCUT2D eigenvalue weighted by atomic mass is 79.9. The van der Waals surface area contributed by atoms with Crippen molar-refractivity contribution in [3.05, 3.63) is 28.2 Å². The Morgan fingerprint density at radius 3 is 2.76 bits per heavy atom. The molecule has 1 heterocycles. The van der Waals surface area contributed by atoms with Crippen LogP contribution in [-0.2, 0) is 15.0 Å². The lowest BCUT2D eigenvalue weighted by Gasteiger charge is -2.31. The Hall–Kier alpha value is -1.12. The van der Waals surface area contributed by atoms with Gasteiger partial charge >= 0.3 is 16.2 Å². The number of nitrogens with one attached hydrogen (secondary N) is 1. The van der Waals surface area contributed by atoms with Crippen molar-refractivity contribution in [3.63, 3.8) is 0 Å². The summed E-state index contributed by atoms with van der Waals surface area (Å²) in [5, 5.41) is 9.18. The molecule has 2 rings (SSSR count). The number of benzene rings is 1. The van der Waals surface area contributed by atoms with Gasteiger partial charge in [-0.2, -0.15) is 12.7 Å². The van der Waals surface area contributed by atoms with Gasteiger partial charge in [-0.25, -0.2) is 0 Å². The van der Waals surface area contributed by atoms with Crippen molar-refractivity contribution in [2.45, 2.75) is 32.2 Å². The molecule has 0 bridgehead atoms. The van der Waals surface area contributed by atoms with E-state index in [0.717, 1.165) is 20.8 Å². The maximum absolute atomic E-state index is 12.4. The molecule has 6 nitrogen and oxygen atoms in total. The van der Waals surface area contributed by atoms with Crippen molar-refractivity contribution >= 4 is 37.8 Å². The predicted molar refractivity (Wildman–Crippen MR) is 83.4 cm³/mol. The number of anilines is 1. The lowest BCUT2D eigenvalue weighted by molar-refractivity contribution is -0.142. The van der Waals surface area contributed by atoms with Crippen molar-refractivity contribution in [3.8, 4) is 0 Å². The number of hydrogen-bond acceptors (Lipinski definition) is 3. The lowest BCUT2D eigenvalue weighted by atomic mass is 10.1. The van der Waals surface area contributed by atoms with Crippen LogP contribution in [0.4, 0.5) is 5.69 Å². The van der Waals surface area contributed by atoms with Crippen LogP contribution in [0.5, 0.6) is 0 Å². The molecule has 1 saturated heterocycles. The summed E-state index contributed by atoms with van der Waals surface area (Å²) in [6.07, 6.45) is 1.74. The van der Waals surface area contributed by atoms with E-state index in [1.807, 2.05) is 6.92 Å². The maximum atomic E-state index is 12.4. The van der Waals surface area contributed by atoms with Gasteiger partial charge in [-0.1, -0.05) is 15.9 Å². The summed E-state index contributed by atoms with van der Waals surface area (Å²) in [6, 6.07) is 4.08. The second-order valence-electron chi connectivity index (χ2n) is 5.03. The minimum atomic E-state index is -3.87. The Balaban J connectivity index is 2.23. The molecule has 8 heteroatoms. The number of piperidine rings is 1. The Kier molecular flexibility index (Phi) is 4.90. The number of carbonyl (C=O) groups is 1. The normalized spacial score (nSPS) is 20.2. The molecule has 1 fully saturated rings. The van der Waals surface area contributed by atoms with Crippen LogP contribution in [0, 0.1) is 6.92 Å². The van der Waals surface area contributed by atoms with E-state index in [-0.39, 0.29) is 6.54 Å². The van der Waals surface area contributed by atoms with Gasteiger partial charge in [0.2, 0.25) is 0 Å². The molecule has 1 aromatic carbocycles. The summed E-state index contributed by atoms with van der Waals surface area (Å²) in [6.45, 7) is 2.07. The summed E-state index contributed by atoms with van der Waals surface area (Å²) >= 11 is 3.35. The van der Waals surface area contributed by atoms with Gasteiger partial charge < -0.3 is 5.11 Å². The first-order chi connectivity index (χ1) is 9.81. The zero-order valence-electron chi connectivity index (χ0n) is 11.5. The fourth-order valence-electron chi connectivity index (χ4n) is 2.36. The molecule has 116 valence electrons. The Labute approximate surface area is 132 Å². The van der Waals surface area contributed by atoms with Crippen LogP contribution >= 0.6 is 15.9 Å². The molecule has 1 aliphatic rings. The van der Waals surface area contributed by atoms with Crippen LogP contribution < -0.4 is 4.72 Å². The Morgan fingerprint density at radius 2 is 2.14 bits per heavy atom. The fraction of sp³-hybridized carbons (Fsp3) is 0.462. The lowest BCUT2D eigenvalue weighted by Crippen LogP contribution is -2.49. The second-order valence-corrected chi connectivity index (χ2v) is 7.51. The fourth-order valence-corrected chi connectivity index (χ4v) is 4.04. The summed E-state index contributed by atoms with van der Waals surface area (Å²) in [7, 11) is -3.87. The number of nitrogens with zero attached hydrogens (tertiary/aromatic N) is 1. The molecular weight excluding hydrogens is 360 g/mol. The van der Waals surface area contributed by atoms with Crippen LogP contribution in [0.3, 0.4) is 0 Å². The number of hydrogen-bond donors (Lipinski definition) is 2. The van der Waals surface area contributed by atoms with E-state index in [0.29, 0.717) is 18.5 Å². The van der Waals surface area contributed by atoms with Crippen molar-refractivity contribution in [1.29, 1.82) is 0 Å². The van der Waals surface area contributed by atoms with E-state index in [9.17, 15) is 18.3 Å². The monoisotopic (exact) mass is 376 g/mol. The van der Waals surface area contributed by atoms with Crippen LogP contribution in [0.1, 0.15) is 24.8 Å². The molecular formula is C13H17BrN2O4S. The van der Waals surface area contributed by atoms with E-state index in [1.54, 1.807) is 18.2 Å². The topological polar surface area (TPSA) is 86.7 Å².